The minimum atomic E-state index is -0.177. The summed E-state index contributed by atoms with van der Waals surface area (Å²) in [7, 11) is 0. The van der Waals surface area contributed by atoms with Crippen molar-refractivity contribution in [1.29, 1.82) is 5.26 Å². The molecule has 2 aromatic heterocycles. The summed E-state index contributed by atoms with van der Waals surface area (Å²) >= 11 is 3.59. The molecule has 0 spiro atoms. The quantitative estimate of drug-likeness (QED) is 0.188. The van der Waals surface area contributed by atoms with Gasteiger partial charge in [0.15, 0.2) is 5.82 Å². The number of thiophene rings is 1. The molecule has 0 unspecified atom stereocenters. The minimum absolute atomic E-state index is 0.177. The lowest BCUT2D eigenvalue weighted by Gasteiger charge is -2.35. The zero-order valence-corrected chi connectivity index (χ0v) is 28.6. The average molecular weight is 664 g/mol. The number of fused-ring (bicyclic) bond motifs is 5. The maximum Gasteiger partial charge on any atom is 0.160 e. The van der Waals surface area contributed by atoms with Crippen LogP contribution in [0.1, 0.15) is 30.5 Å². The van der Waals surface area contributed by atoms with Crippen LogP contribution in [0.2, 0.25) is 0 Å². The molecule has 232 valence electrons. The predicted octanol–water partition coefficient (Wildman–Crippen LogP) is 12.2. The van der Waals surface area contributed by atoms with Gasteiger partial charge >= 0.3 is 0 Å². The molecular formula is C44H29N3S2. The van der Waals surface area contributed by atoms with Crippen molar-refractivity contribution in [2.45, 2.75) is 29.1 Å². The number of nitriles is 1. The maximum atomic E-state index is 9.58. The molecule has 0 bridgehead atoms. The van der Waals surface area contributed by atoms with Crippen LogP contribution in [0, 0.1) is 11.3 Å². The summed E-state index contributed by atoms with van der Waals surface area (Å²) in [5.74, 6) is 0.708. The molecule has 5 heteroatoms. The van der Waals surface area contributed by atoms with Gasteiger partial charge in [-0.3, -0.25) is 0 Å². The van der Waals surface area contributed by atoms with E-state index in [0.717, 1.165) is 38.5 Å². The molecule has 0 radical (unpaired) electrons. The van der Waals surface area contributed by atoms with E-state index in [1.54, 1.807) is 11.8 Å². The van der Waals surface area contributed by atoms with Crippen LogP contribution in [-0.2, 0) is 5.41 Å². The van der Waals surface area contributed by atoms with Crippen LogP contribution in [0.5, 0.6) is 0 Å². The van der Waals surface area contributed by atoms with E-state index in [1.165, 1.54) is 41.8 Å². The number of hydrogen-bond acceptors (Lipinski definition) is 5. The van der Waals surface area contributed by atoms with Crippen molar-refractivity contribution in [2.24, 2.45) is 0 Å². The minimum Gasteiger partial charge on any atom is -0.228 e. The fourth-order valence-corrected chi connectivity index (χ4v) is 9.69. The maximum absolute atomic E-state index is 9.58. The standard InChI is InChI=1S/C44H29N3S2/c1-44(2)35-22-15-27(26-45)23-41(35)49-42-32(12-8-13-36(42)44)28-16-18-29(19-17-28)37-25-38(47-43(46-37)30-9-4-3-5-10-30)31-20-21-34-33-11-6-7-14-39(33)48-40(34)24-31/h3-25H,1-2H3. The molecule has 8 aromatic rings. The first-order chi connectivity index (χ1) is 24.0. The van der Waals surface area contributed by atoms with E-state index in [2.05, 4.69) is 129 Å². The third-order valence-electron chi connectivity index (χ3n) is 9.61. The zero-order valence-electron chi connectivity index (χ0n) is 26.9. The van der Waals surface area contributed by atoms with Crippen LogP contribution in [0.4, 0.5) is 0 Å². The monoisotopic (exact) mass is 663 g/mol. The van der Waals surface area contributed by atoms with Crippen molar-refractivity contribution in [3.8, 4) is 51.1 Å². The second kappa shape index (κ2) is 11.6. The lowest BCUT2D eigenvalue weighted by molar-refractivity contribution is 0.608. The van der Waals surface area contributed by atoms with Gasteiger partial charge in [-0.2, -0.15) is 5.26 Å². The summed E-state index contributed by atoms with van der Waals surface area (Å²) in [6.07, 6.45) is 0. The van der Waals surface area contributed by atoms with Crippen molar-refractivity contribution >= 4 is 43.3 Å². The van der Waals surface area contributed by atoms with Gasteiger partial charge in [-0.05, 0) is 52.6 Å². The number of benzene rings is 6. The smallest absolute Gasteiger partial charge is 0.160 e. The summed E-state index contributed by atoms with van der Waals surface area (Å²) < 4.78 is 2.55. The second-order valence-electron chi connectivity index (χ2n) is 12.9. The highest BCUT2D eigenvalue weighted by Crippen LogP contribution is 2.52. The predicted molar refractivity (Wildman–Crippen MR) is 204 cm³/mol. The number of nitrogens with zero attached hydrogens (tertiary/aromatic N) is 3. The van der Waals surface area contributed by atoms with E-state index in [1.807, 2.05) is 41.7 Å². The fourth-order valence-electron chi connectivity index (χ4n) is 6.98. The van der Waals surface area contributed by atoms with E-state index >= 15 is 0 Å². The molecule has 1 aliphatic rings. The van der Waals surface area contributed by atoms with Gasteiger partial charge < -0.3 is 0 Å². The second-order valence-corrected chi connectivity index (χ2v) is 15.1. The van der Waals surface area contributed by atoms with Crippen LogP contribution in [-0.4, -0.2) is 9.97 Å². The molecule has 1 aliphatic heterocycles. The average Bonchev–Trinajstić information content (AvgIpc) is 3.53. The van der Waals surface area contributed by atoms with Crippen LogP contribution < -0.4 is 0 Å². The summed E-state index contributed by atoms with van der Waals surface area (Å²) in [4.78, 5) is 12.6. The molecule has 6 aromatic carbocycles. The highest BCUT2D eigenvalue weighted by molar-refractivity contribution is 7.99. The van der Waals surface area contributed by atoms with Gasteiger partial charge in [-0.25, -0.2) is 9.97 Å². The number of aromatic nitrogens is 2. The summed E-state index contributed by atoms with van der Waals surface area (Å²) in [5, 5.41) is 12.1. The van der Waals surface area contributed by atoms with Gasteiger partial charge in [0.05, 0.1) is 23.0 Å². The van der Waals surface area contributed by atoms with E-state index in [0.29, 0.717) is 11.4 Å². The normalized spacial score (nSPS) is 13.2. The Balaban J connectivity index is 1.13. The van der Waals surface area contributed by atoms with Gasteiger partial charge in [0.25, 0.3) is 0 Å². The summed E-state index contributed by atoms with van der Waals surface area (Å²) in [6, 6.07) is 51.3. The summed E-state index contributed by atoms with van der Waals surface area (Å²) in [5.41, 5.74) is 10.3. The lowest BCUT2D eigenvalue weighted by atomic mass is 9.76. The summed E-state index contributed by atoms with van der Waals surface area (Å²) in [6.45, 7) is 4.55. The van der Waals surface area contributed by atoms with Crippen LogP contribution in [0.15, 0.2) is 149 Å². The first-order valence-corrected chi connectivity index (χ1v) is 17.9. The Bertz CT molecular complexity index is 2610. The van der Waals surface area contributed by atoms with E-state index < -0.39 is 0 Å². The molecule has 0 N–H and O–H groups in total. The Morgan fingerprint density at radius 1 is 0.571 bits per heavy atom. The third kappa shape index (κ3) is 5.04. The topological polar surface area (TPSA) is 49.6 Å². The molecule has 0 saturated heterocycles. The van der Waals surface area contributed by atoms with E-state index in [9.17, 15) is 5.26 Å². The third-order valence-corrected chi connectivity index (χ3v) is 11.9. The number of hydrogen-bond donors (Lipinski definition) is 0. The highest BCUT2D eigenvalue weighted by atomic mass is 32.2. The Morgan fingerprint density at radius 2 is 1.29 bits per heavy atom. The Labute approximate surface area is 293 Å². The van der Waals surface area contributed by atoms with Gasteiger partial charge in [0.1, 0.15) is 0 Å². The molecule has 0 atom stereocenters. The molecule has 0 saturated carbocycles. The first kappa shape index (κ1) is 29.6. The Kier molecular flexibility index (Phi) is 6.98. The van der Waals surface area contributed by atoms with Crippen molar-refractivity contribution in [3.05, 3.63) is 156 Å². The molecule has 0 amide bonds. The highest BCUT2D eigenvalue weighted by Gasteiger charge is 2.34. The van der Waals surface area contributed by atoms with Gasteiger partial charge in [0, 0.05) is 52.1 Å². The Hall–Kier alpha value is -5.54. The van der Waals surface area contributed by atoms with Crippen molar-refractivity contribution in [1.82, 2.24) is 9.97 Å². The molecule has 9 rings (SSSR count). The molecule has 0 aliphatic carbocycles. The molecule has 49 heavy (non-hydrogen) atoms. The van der Waals surface area contributed by atoms with Crippen molar-refractivity contribution in [3.63, 3.8) is 0 Å². The van der Waals surface area contributed by atoms with E-state index in [-0.39, 0.29) is 5.41 Å². The van der Waals surface area contributed by atoms with Crippen LogP contribution in [0.25, 0.3) is 65.2 Å². The number of rotatable bonds is 4. The zero-order chi connectivity index (χ0) is 33.1. The SMILES string of the molecule is CC1(C)c2ccc(C#N)cc2Sc2c(-c3ccc(-c4cc(-c5ccc6c(c5)sc5ccccc56)nc(-c5ccccc5)n4)cc3)cccc21. The molecule has 3 heterocycles. The first-order valence-electron chi connectivity index (χ1n) is 16.3. The van der Waals surface area contributed by atoms with Crippen LogP contribution in [0.3, 0.4) is 0 Å². The molecule has 3 nitrogen and oxygen atoms in total. The van der Waals surface area contributed by atoms with Gasteiger partial charge in [0.2, 0.25) is 0 Å². The lowest BCUT2D eigenvalue weighted by Crippen LogP contribution is -2.24. The van der Waals surface area contributed by atoms with Gasteiger partial charge in [-0.1, -0.05) is 135 Å². The molecular weight excluding hydrogens is 635 g/mol. The van der Waals surface area contributed by atoms with Crippen molar-refractivity contribution < 1.29 is 0 Å². The fraction of sp³-hybridized carbons (Fsp3) is 0.0682. The van der Waals surface area contributed by atoms with E-state index in [4.69, 9.17) is 9.97 Å². The molecule has 0 fully saturated rings. The van der Waals surface area contributed by atoms with Crippen molar-refractivity contribution in [2.75, 3.05) is 0 Å². The Morgan fingerprint density at radius 3 is 2.10 bits per heavy atom. The largest absolute Gasteiger partial charge is 0.228 e. The van der Waals surface area contributed by atoms with Crippen LogP contribution >= 0.6 is 23.1 Å². The van der Waals surface area contributed by atoms with Gasteiger partial charge in [-0.15, -0.1) is 11.3 Å².